The van der Waals surface area contributed by atoms with Crippen LogP contribution in [0.15, 0.2) is 36.4 Å². The molecule has 0 saturated carbocycles. The average Bonchev–Trinajstić information content (AvgIpc) is 2.51. The third kappa shape index (κ3) is 4.77. The molecule has 2 N–H and O–H groups in total. The van der Waals surface area contributed by atoms with Gasteiger partial charge in [-0.2, -0.15) is 0 Å². The van der Waals surface area contributed by atoms with Gasteiger partial charge in [-0.3, -0.25) is 4.79 Å². The first-order chi connectivity index (χ1) is 11.4. The fourth-order valence-corrected chi connectivity index (χ4v) is 2.47. The van der Waals surface area contributed by atoms with E-state index >= 15 is 0 Å². The van der Waals surface area contributed by atoms with E-state index in [1.165, 1.54) is 19.1 Å². The molecule has 128 valence electrons. The summed E-state index contributed by atoms with van der Waals surface area (Å²) in [4.78, 5) is 11.6. The lowest BCUT2D eigenvalue weighted by molar-refractivity contribution is 0.0620. The Morgan fingerprint density at radius 2 is 1.79 bits per heavy atom. The lowest BCUT2D eigenvalue weighted by atomic mass is 10.1. The lowest BCUT2D eigenvalue weighted by Gasteiger charge is -2.16. The van der Waals surface area contributed by atoms with Crippen molar-refractivity contribution in [3.63, 3.8) is 0 Å². The first-order valence-corrected chi connectivity index (χ1v) is 7.85. The fraction of sp³-hybridized carbons (Fsp3) is 0.235. The highest BCUT2D eigenvalue weighted by molar-refractivity contribution is 6.35. The van der Waals surface area contributed by atoms with Crippen molar-refractivity contribution < 1.29 is 24.5 Å². The van der Waals surface area contributed by atoms with Crippen molar-refractivity contribution in [1.29, 1.82) is 0 Å². The van der Waals surface area contributed by atoms with Gasteiger partial charge in [-0.15, -0.1) is 0 Å². The Hall–Kier alpha value is -1.95. The van der Waals surface area contributed by atoms with E-state index < -0.39 is 6.10 Å². The number of aliphatic hydroxyl groups is 1. The van der Waals surface area contributed by atoms with Gasteiger partial charge in [0.05, 0.1) is 5.02 Å². The maximum Gasteiger partial charge on any atom is 0.167 e. The fourth-order valence-electron chi connectivity index (χ4n) is 2.01. The maximum atomic E-state index is 11.6. The van der Waals surface area contributed by atoms with E-state index in [4.69, 9.17) is 32.7 Å². The zero-order valence-electron chi connectivity index (χ0n) is 12.8. The van der Waals surface area contributed by atoms with Crippen LogP contribution in [0.25, 0.3) is 0 Å². The Morgan fingerprint density at radius 1 is 1.12 bits per heavy atom. The second kappa shape index (κ2) is 8.24. The van der Waals surface area contributed by atoms with Crippen LogP contribution < -0.4 is 9.47 Å². The molecule has 5 nitrogen and oxygen atoms in total. The van der Waals surface area contributed by atoms with Gasteiger partial charge >= 0.3 is 0 Å². The maximum absolute atomic E-state index is 11.6. The number of ketones is 1. The Morgan fingerprint density at radius 3 is 2.42 bits per heavy atom. The van der Waals surface area contributed by atoms with Crippen LogP contribution in [0.5, 0.6) is 17.2 Å². The molecule has 1 atom stereocenters. The third-order valence-electron chi connectivity index (χ3n) is 3.11. The molecule has 2 aromatic carbocycles. The molecule has 2 aromatic rings. The topological polar surface area (TPSA) is 76.0 Å². The number of Topliss-reactive ketones (excluding diaryl/α,β-unsaturated/α-hetero) is 1. The van der Waals surface area contributed by atoms with Crippen molar-refractivity contribution in [2.24, 2.45) is 0 Å². The summed E-state index contributed by atoms with van der Waals surface area (Å²) in [5.74, 6) is 0.0912. The van der Waals surface area contributed by atoms with Crippen molar-refractivity contribution in [2.45, 2.75) is 13.0 Å². The summed E-state index contributed by atoms with van der Waals surface area (Å²) in [6, 6.07) is 9.24. The normalized spacial score (nSPS) is 11.8. The summed E-state index contributed by atoms with van der Waals surface area (Å²) >= 11 is 11.8. The number of halogens is 2. The summed E-state index contributed by atoms with van der Waals surface area (Å²) in [5, 5.41) is 20.5. The molecule has 0 aliphatic rings. The van der Waals surface area contributed by atoms with E-state index in [1.807, 2.05) is 0 Å². The number of benzene rings is 2. The molecule has 0 spiro atoms. The van der Waals surface area contributed by atoms with Gasteiger partial charge in [0.15, 0.2) is 5.78 Å². The SMILES string of the molecule is CC(=O)c1c(O)cccc1OCC(O)COc1ccc(Cl)cc1Cl. The van der Waals surface area contributed by atoms with Gasteiger partial charge in [0, 0.05) is 5.02 Å². The molecule has 7 heteroatoms. The zero-order valence-corrected chi connectivity index (χ0v) is 14.3. The van der Waals surface area contributed by atoms with Gasteiger partial charge in [0.2, 0.25) is 0 Å². The van der Waals surface area contributed by atoms with Crippen LogP contribution in [0, 0.1) is 0 Å². The minimum absolute atomic E-state index is 0.0599. The van der Waals surface area contributed by atoms with Crippen molar-refractivity contribution in [3.8, 4) is 17.2 Å². The minimum atomic E-state index is -0.959. The summed E-state index contributed by atoms with van der Waals surface area (Å²) in [7, 11) is 0. The van der Waals surface area contributed by atoms with Crippen LogP contribution in [0.1, 0.15) is 17.3 Å². The molecule has 1 unspecified atom stereocenters. The molecule has 0 aliphatic carbocycles. The second-order valence-corrected chi connectivity index (χ2v) is 5.90. The van der Waals surface area contributed by atoms with E-state index in [2.05, 4.69) is 0 Å². The standard InChI is InChI=1S/C17H16Cl2O5/c1-10(20)17-14(22)3-2-4-16(17)24-9-12(21)8-23-15-6-5-11(18)7-13(15)19/h2-7,12,21-22H,8-9H2,1H3. The number of aromatic hydroxyl groups is 1. The molecule has 0 aromatic heterocycles. The Kier molecular flexibility index (Phi) is 6.31. The molecule has 0 saturated heterocycles. The van der Waals surface area contributed by atoms with Gasteiger partial charge in [0.25, 0.3) is 0 Å². The Labute approximate surface area is 149 Å². The van der Waals surface area contributed by atoms with Gasteiger partial charge in [0.1, 0.15) is 42.1 Å². The van der Waals surface area contributed by atoms with Gasteiger partial charge < -0.3 is 19.7 Å². The van der Waals surface area contributed by atoms with E-state index in [1.54, 1.807) is 24.3 Å². The molecular weight excluding hydrogens is 355 g/mol. The number of aliphatic hydroxyl groups excluding tert-OH is 1. The summed E-state index contributed by atoms with van der Waals surface area (Å²) in [6.45, 7) is 1.15. The van der Waals surface area contributed by atoms with Gasteiger partial charge in [-0.1, -0.05) is 29.3 Å². The van der Waals surface area contributed by atoms with Crippen molar-refractivity contribution in [1.82, 2.24) is 0 Å². The highest BCUT2D eigenvalue weighted by atomic mass is 35.5. The number of phenols is 1. The van der Waals surface area contributed by atoms with E-state index in [-0.39, 0.29) is 36.1 Å². The second-order valence-electron chi connectivity index (χ2n) is 5.06. The molecule has 0 bridgehead atoms. The van der Waals surface area contributed by atoms with Crippen LogP contribution in [0.2, 0.25) is 10.0 Å². The van der Waals surface area contributed by atoms with Gasteiger partial charge in [-0.25, -0.2) is 0 Å². The molecule has 0 aliphatic heterocycles. The quantitative estimate of drug-likeness (QED) is 0.726. The van der Waals surface area contributed by atoms with Crippen LogP contribution in [-0.2, 0) is 0 Å². The molecule has 2 rings (SSSR count). The first-order valence-electron chi connectivity index (χ1n) is 7.10. The molecular formula is C17H16Cl2O5. The predicted molar refractivity (Wildman–Crippen MR) is 91.6 cm³/mol. The average molecular weight is 371 g/mol. The molecule has 24 heavy (non-hydrogen) atoms. The number of rotatable bonds is 7. The lowest BCUT2D eigenvalue weighted by Crippen LogP contribution is -2.25. The van der Waals surface area contributed by atoms with E-state index in [0.29, 0.717) is 15.8 Å². The first kappa shape index (κ1) is 18.4. The van der Waals surface area contributed by atoms with Crippen LogP contribution in [0.3, 0.4) is 0 Å². The highest BCUT2D eigenvalue weighted by Gasteiger charge is 2.15. The molecule has 0 radical (unpaired) electrons. The number of hydrogen-bond acceptors (Lipinski definition) is 5. The van der Waals surface area contributed by atoms with Crippen LogP contribution >= 0.6 is 23.2 Å². The Balaban J connectivity index is 1.93. The molecule has 0 heterocycles. The van der Waals surface area contributed by atoms with Crippen LogP contribution in [-0.4, -0.2) is 35.3 Å². The third-order valence-corrected chi connectivity index (χ3v) is 3.64. The Bertz CT molecular complexity index is 733. The number of hydrogen-bond donors (Lipinski definition) is 2. The van der Waals surface area contributed by atoms with E-state index in [0.717, 1.165) is 0 Å². The monoisotopic (exact) mass is 370 g/mol. The van der Waals surface area contributed by atoms with E-state index in [9.17, 15) is 15.0 Å². The van der Waals surface area contributed by atoms with Crippen molar-refractivity contribution in [3.05, 3.63) is 52.0 Å². The number of ether oxygens (including phenoxy) is 2. The smallest absolute Gasteiger partial charge is 0.167 e. The van der Waals surface area contributed by atoms with Gasteiger partial charge in [-0.05, 0) is 37.3 Å². The molecule has 0 fully saturated rings. The summed E-state index contributed by atoms with van der Waals surface area (Å²) < 4.78 is 10.8. The predicted octanol–water partition coefficient (Wildman–Crippen LogP) is 3.72. The largest absolute Gasteiger partial charge is 0.507 e. The molecule has 0 amide bonds. The number of carbonyl (C=O) groups excluding carboxylic acids is 1. The zero-order chi connectivity index (χ0) is 17.7. The summed E-state index contributed by atoms with van der Waals surface area (Å²) in [6.07, 6.45) is -0.959. The highest BCUT2D eigenvalue weighted by Crippen LogP contribution is 2.29. The summed E-state index contributed by atoms with van der Waals surface area (Å²) in [5.41, 5.74) is 0.0753. The van der Waals surface area contributed by atoms with Crippen molar-refractivity contribution >= 4 is 29.0 Å². The number of phenolic OH excluding ortho intramolecular Hbond substituents is 1. The van der Waals surface area contributed by atoms with Crippen LogP contribution in [0.4, 0.5) is 0 Å². The van der Waals surface area contributed by atoms with Crippen molar-refractivity contribution in [2.75, 3.05) is 13.2 Å². The minimum Gasteiger partial charge on any atom is -0.507 e. The number of carbonyl (C=O) groups is 1.